The number of hydrogen-bond acceptors (Lipinski definition) is 5. The van der Waals surface area contributed by atoms with E-state index < -0.39 is 0 Å². The minimum atomic E-state index is -0.271. The molecule has 1 aromatic heterocycles. The maximum Gasteiger partial charge on any atom is 0.273 e. The summed E-state index contributed by atoms with van der Waals surface area (Å²) in [4.78, 5) is 14.8. The van der Waals surface area contributed by atoms with Gasteiger partial charge in [-0.3, -0.25) is 4.79 Å². The second kappa shape index (κ2) is 9.98. The lowest BCUT2D eigenvalue weighted by atomic mass is 10.1. The molecule has 0 radical (unpaired) electrons. The quantitative estimate of drug-likeness (QED) is 0.593. The second-order valence-corrected chi connectivity index (χ2v) is 8.37. The molecule has 2 heterocycles. The molecule has 0 unspecified atom stereocenters. The first kappa shape index (κ1) is 21.4. The molecule has 0 atom stereocenters. The fourth-order valence-electron chi connectivity index (χ4n) is 3.60. The van der Waals surface area contributed by atoms with Gasteiger partial charge in [-0.25, -0.2) is 0 Å². The van der Waals surface area contributed by atoms with Gasteiger partial charge in [0, 0.05) is 37.1 Å². The van der Waals surface area contributed by atoms with E-state index in [1.54, 1.807) is 6.07 Å². The molecule has 4 rings (SSSR count). The molecular weight excluding hydrogens is 414 g/mol. The summed E-state index contributed by atoms with van der Waals surface area (Å²) in [6.45, 7) is 2.50. The molecular formula is C24H26ClN3O3. The lowest BCUT2D eigenvalue weighted by Crippen LogP contribution is -2.35. The van der Waals surface area contributed by atoms with Crippen LogP contribution >= 0.6 is 11.6 Å². The van der Waals surface area contributed by atoms with Crippen LogP contribution in [0.5, 0.6) is 5.75 Å². The van der Waals surface area contributed by atoms with Crippen molar-refractivity contribution in [1.82, 2.24) is 15.4 Å². The Balaban J connectivity index is 1.29. The highest BCUT2D eigenvalue weighted by molar-refractivity contribution is 6.30. The van der Waals surface area contributed by atoms with Crippen LogP contribution in [0.3, 0.4) is 0 Å². The number of carbonyl (C=O) groups is 1. The Labute approximate surface area is 187 Å². The van der Waals surface area contributed by atoms with Crippen LogP contribution in [-0.4, -0.2) is 42.2 Å². The number of likely N-dealkylation sites (tertiary alicyclic amines) is 1. The number of carbonyl (C=O) groups excluding carboxylic acids is 1. The highest BCUT2D eigenvalue weighted by Crippen LogP contribution is 2.20. The monoisotopic (exact) mass is 439 g/mol. The van der Waals surface area contributed by atoms with Crippen molar-refractivity contribution in [2.75, 3.05) is 20.1 Å². The van der Waals surface area contributed by atoms with Gasteiger partial charge >= 0.3 is 0 Å². The normalized spacial score (nSPS) is 15.0. The minimum absolute atomic E-state index is 0.246. The third-order valence-electron chi connectivity index (χ3n) is 5.40. The van der Waals surface area contributed by atoms with Gasteiger partial charge < -0.3 is 19.5 Å². The Hall–Kier alpha value is -2.83. The highest BCUT2D eigenvalue weighted by atomic mass is 35.5. The van der Waals surface area contributed by atoms with E-state index in [1.165, 1.54) is 0 Å². The smallest absolute Gasteiger partial charge is 0.273 e. The van der Waals surface area contributed by atoms with Gasteiger partial charge in [-0.15, -0.1) is 0 Å². The van der Waals surface area contributed by atoms with Crippen molar-refractivity contribution in [3.63, 3.8) is 0 Å². The van der Waals surface area contributed by atoms with Crippen molar-refractivity contribution in [3.05, 3.63) is 82.2 Å². The minimum Gasteiger partial charge on any atom is -0.490 e. The highest BCUT2D eigenvalue weighted by Gasteiger charge is 2.18. The molecule has 0 bridgehead atoms. The first-order chi connectivity index (χ1) is 15.0. The Morgan fingerprint density at radius 2 is 1.94 bits per heavy atom. The maximum absolute atomic E-state index is 12.5. The SMILES string of the molecule is CN1CCC(Oc2cccc(CNC(=O)c3cc(Cc4ccc(Cl)cc4)on3)c2)CC1. The van der Waals surface area contributed by atoms with Crippen LogP contribution < -0.4 is 10.1 Å². The number of ether oxygens (including phenoxy) is 1. The van der Waals surface area contributed by atoms with Crippen molar-refractivity contribution >= 4 is 17.5 Å². The molecule has 1 fully saturated rings. The average molecular weight is 440 g/mol. The number of piperidine rings is 1. The summed E-state index contributed by atoms with van der Waals surface area (Å²) >= 11 is 5.91. The summed E-state index contributed by atoms with van der Waals surface area (Å²) < 4.78 is 11.4. The van der Waals surface area contributed by atoms with E-state index in [4.69, 9.17) is 20.9 Å². The van der Waals surface area contributed by atoms with E-state index in [0.29, 0.717) is 23.7 Å². The van der Waals surface area contributed by atoms with Gasteiger partial charge in [0.05, 0.1) is 0 Å². The molecule has 6 nitrogen and oxygen atoms in total. The number of hydrogen-bond donors (Lipinski definition) is 1. The number of rotatable bonds is 7. The molecule has 1 aliphatic rings. The van der Waals surface area contributed by atoms with Crippen LogP contribution in [0, 0.1) is 0 Å². The van der Waals surface area contributed by atoms with Gasteiger partial charge in [0.25, 0.3) is 5.91 Å². The molecule has 1 amide bonds. The van der Waals surface area contributed by atoms with Gasteiger partial charge in [-0.05, 0) is 55.3 Å². The first-order valence-electron chi connectivity index (χ1n) is 10.5. The van der Waals surface area contributed by atoms with Crippen molar-refractivity contribution in [3.8, 4) is 5.75 Å². The molecule has 31 heavy (non-hydrogen) atoms. The standard InChI is InChI=1S/C24H26ClN3O3/c1-28-11-9-20(10-12-28)30-21-4-2-3-18(14-21)16-26-24(29)23-15-22(31-27-23)13-17-5-7-19(25)8-6-17/h2-8,14-15,20H,9-13,16H2,1H3,(H,26,29). The lowest BCUT2D eigenvalue weighted by Gasteiger charge is -2.29. The number of nitrogens with one attached hydrogen (secondary N) is 1. The van der Waals surface area contributed by atoms with Crippen LogP contribution in [0.25, 0.3) is 0 Å². The summed E-state index contributed by atoms with van der Waals surface area (Å²) in [6.07, 6.45) is 2.85. The van der Waals surface area contributed by atoms with E-state index in [2.05, 4.69) is 22.4 Å². The van der Waals surface area contributed by atoms with Gasteiger partial charge in [0.15, 0.2) is 5.69 Å². The molecule has 0 spiro atoms. The van der Waals surface area contributed by atoms with Gasteiger partial charge in [0.1, 0.15) is 17.6 Å². The van der Waals surface area contributed by atoms with Gasteiger partial charge in [0.2, 0.25) is 0 Å². The summed E-state index contributed by atoms with van der Waals surface area (Å²) in [5.74, 6) is 1.20. The predicted molar refractivity (Wildman–Crippen MR) is 120 cm³/mol. The molecule has 3 aromatic rings. The Morgan fingerprint density at radius 3 is 2.71 bits per heavy atom. The Kier molecular flexibility index (Phi) is 6.89. The third-order valence-corrected chi connectivity index (χ3v) is 5.66. The molecule has 7 heteroatoms. The van der Waals surface area contributed by atoms with Crippen LogP contribution in [0.1, 0.15) is 40.2 Å². The molecule has 1 N–H and O–H groups in total. The molecule has 2 aromatic carbocycles. The zero-order valence-corrected chi connectivity index (χ0v) is 18.3. The van der Waals surface area contributed by atoms with E-state index >= 15 is 0 Å². The van der Waals surface area contributed by atoms with Crippen LogP contribution in [0.2, 0.25) is 5.02 Å². The largest absolute Gasteiger partial charge is 0.490 e. The zero-order chi connectivity index (χ0) is 21.6. The molecule has 0 saturated carbocycles. The van der Waals surface area contributed by atoms with E-state index in [1.807, 2.05) is 48.5 Å². The number of halogens is 1. The number of amides is 1. The average Bonchev–Trinajstić information content (AvgIpc) is 3.24. The van der Waals surface area contributed by atoms with Crippen LogP contribution in [0.15, 0.2) is 59.1 Å². The second-order valence-electron chi connectivity index (χ2n) is 7.93. The van der Waals surface area contributed by atoms with Crippen molar-refractivity contribution < 1.29 is 14.1 Å². The van der Waals surface area contributed by atoms with Crippen molar-refractivity contribution in [2.24, 2.45) is 0 Å². The van der Waals surface area contributed by atoms with Gasteiger partial charge in [-0.2, -0.15) is 0 Å². The maximum atomic E-state index is 12.5. The topological polar surface area (TPSA) is 67.6 Å². The molecule has 162 valence electrons. The Morgan fingerprint density at radius 1 is 1.16 bits per heavy atom. The predicted octanol–water partition coefficient (Wildman–Crippen LogP) is 4.32. The first-order valence-corrected chi connectivity index (χ1v) is 10.9. The van der Waals surface area contributed by atoms with Crippen molar-refractivity contribution in [1.29, 1.82) is 0 Å². The molecule has 0 aliphatic carbocycles. The molecule has 1 saturated heterocycles. The third kappa shape index (κ3) is 6.09. The van der Waals surface area contributed by atoms with E-state index in [9.17, 15) is 4.79 Å². The fourth-order valence-corrected chi connectivity index (χ4v) is 3.73. The Bertz CT molecular complexity index is 1010. The lowest BCUT2D eigenvalue weighted by molar-refractivity contribution is 0.0941. The molecule has 1 aliphatic heterocycles. The summed E-state index contributed by atoms with van der Waals surface area (Å²) in [7, 11) is 2.13. The van der Waals surface area contributed by atoms with Crippen LogP contribution in [0.4, 0.5) is 0 Å². The van der Waals surface area contributed by atoms with Crippen LogP contribution in [-0.2, 0) is 13.0 Å². The summed E-state index contributed by atoms with van der Waals surface area (Å²) in [5, 5.41) is 7.48. The summed E-state index contributed by atoms with van der Waals surface area (Å²) in [6, 6.07) is 17.0. The van der Waals surface area contributed by atoms with E-state index in [0.717, 1.165) is 42.8 Å². The number of nitrogens with zero attached hydrogens (tertiary/aromatic N) is 2. The number of aromatic nitrogens is 1. The van der Waals surface area contributed by atoms with Gasteiger partial charge in [-0.1, -0.05) is 41.0 Å². The van der Waals surface area contributed by atoms with Crippen molar-refractivity contribution in [2.45, 2.75) is 31.9 Å². The van der Waals surface area contributed by atoms with E-state index in [-0.39, 0.29) is 17.7 Å². The fraction of sp³-hybridized carbons (Fsp3) is 0.333. The zero-order valence-electron chi connectivity index (χ0n) is 17.5. The summed E-state index contributed by atoms with van der Waals surface area (Å²) in [5.41, 5.74) is 2.28. The number of benzene rings is 2.